The number of rotatable bonds is 31. The number of carbonyl (C=O) groups excluding carboxylic acids is 2. The Morgan fingerprint density at radius 3 is 1.22 bits per heavy atom. The van der Waals surface area contributed by atoms with Crippen molar-refractivity contribution in [3.63, 3.8) is 0 Å². The van der Waals surface area contributed by atoms with Gasteiger partial charge < -0.3 is 24.4 Å². The van der Waals surface area contributed by atoms with E-state index >= 15 is 0 Å². The maximum atomic E-state index is 11.5. The molecule has 1 heterocycles. The lowest BCUT2D eigenvalue weighted by molar-refractivity contribution is -0.180. The Morgan fingerprint density at radius 1 is 0.540 bits per heavy atom. The third-order valence-corrected chi connectivity index (χ3v) is 8.68. The molecule has 2 N–H and O–H groups in total. The van der Waals surface area contributed by atoms with Gasteiger partial charge in [0.15, 0.2) is 0 Å². The first-order chi connectivity index (χ1) is 24.2. The molecule has 300 valence electrons. The van der Waals surface area contributed by atoms with Crippen LogP contribution in [0.25, 0.3) is 0 Å². The van der Waals surface area contributed by atoms with E-state index in [4.69, 9.17) is 24.4 Å². The second-order valence-corrected chi connectivity index (χ2v) is 14.6. The molecule has 2 unspecified atom stereocenters. The van der Waals surface area contributed by atoms with E-state index in [2.05, 4.69) is 13.8 Å². The van der Waals surface area contributed by atoms with E-state index in [9.17, 15) is 9.59 Å². The van der Waals surface area contributed by atoms with Crippen LogP contribution in [0.2, 0.25) is 0 Å². The van der Waals surface area contributed by atoms with Gasteiger partial charge in [0.1, 0.15) is 6.61 Å². The van der Waals surface area contributed by atoms with Gasteiger partial charge in [0.2, 0.25) is 6.29 Å². The van der Waals surface area contributed by atoms with Crippen molar-refractivity contribution >= 4 is 11.9 Å². The van der Waals surface area contributed by atoms with Crippen molar-refractivity contribution in [2.75, 3.05) is 61.1 Å². The van der Waals surface area contributed by atoms with Crippen LogP contribution in [0.3, 0.4) is 0 Å². The minimum absolute atomic E-state index is 0.196. The Labute approximate surface area is 309 Å². The lowest BCUT2D eigenvalue weighted by Crippen LogP contribution is -2.29. The standard InChI is InChI=1S/2C14H30O.C13H24N2O5/c2*1-2-3-4-5-6-7-8-9-10-11-12-13-14-15;1-14(2)7-11(16)18-9-10-5-6-13(19-10)20-12(17)8-15(3)4/h2*15H,2-14H2,1H3;10,13H,5-9H2,1-4H3. The van der Waals surface area contributed by atoms with Gasteiger partial charge in [-0.3, -0.25) is 19.4 Å². The molecule has 50 heavy (non-hydrogen) atoms. The van der Waals surface area contributed by atoms with Crippen LogP contribution in [-0.4, -0.2) is 105 Å². The first-order valence-corrected chi connectivity index (χ1v) is 20.7. The number of unbranched alkanes of at least 4 members (excludes halogenated alkanes) is 22. The molecule has 0 aromatic rings. The first-order valence-electron chi connectivity index (χ1n) is 20.7. The summed E-state index contributed by atoms with van der Waals surface area (Å²) in [6, 6.07) is 0. The second kappa shape index (κ2) is 40.5. The summed E-state index contributed by atoms with van der Waals surface area (Å²) >= 11 is 0. The van der Waals surface area contributed by atoms with Gasteiger partial charge in [-0.2, -0.15) is 0 Å². The zero-order valence-electron chi connectivity index (χ0n) is 33.9. The molecule has 0 aromatic heterocycles. The third-order valence-electron chi connectivity index (χ3n) is 8.68. The minimum atomic E-state index is -0.528. The number of aliphatic hydroxyl groups is 2. The zero-order valence-corrected chi connectivity index (χ0v) is 33.9. The van der Waals surface area contributed by atoms with Gasteiger partial charge in [0, 0.05) is 19.6 Å². The number of aliphatic hydroxyl groups excluding tert-OH is 2. The molecule has 0 saturated carbocycles. The molecule has 1 fully saturated rings. The molecule has 1 rings (SSSR count). The fourth-order valence-corrected chi connectivity index (χ4v) is 5.72. The number of likely N-dealkylation sites (N-methyl/N-ethyl adjacent to an activating group) is 2. The van der Waals surface area contributed by atoms with E-state index < -0.39 is 6.29 Å². The summed E-state index contributed by atoms with van der Waals surface area (Å²) < 4.78 is 15.8. The van der Waals surface area contributed by atoms with Crippen molar-refractivity contribution in [3.8, 4) is 0 Å². The number of nitrogens with zero attached hydrogens (tertiary/aromatic N) is 2. The van der Waals surface area contributed by atoms with Crippen molar-refractivity contribution in [1.82, 2.24) is 9.80 Å². The zero-order chi connectivity index (χ0) is 37.5. The molecular weight excluding hydrogens is 632 g/mol. The quantitative estimate of drug-likeness (QED) is 0.0537. The number of carbonyl (C=O) groups is 2. The molecule has 1 aliphatic rings. The Balaban J connectivity index is 0. The minimum Gasteiger partial charge on any atom is -0.462 e. The van der Waals surface area contributed by atoms with E-state index in [1.165, 1.54) is 141 Å². The molecule has 1 saturated heterocycles. The molecule has 0 aliphatic carbocycles. The highest BCUT2D eigenvalue weighted by Crippen LogP contribution is 2.21. The summed E-state index contributed by atoms with van der Waals surface area (Å²) in [7, 11) is 7.19. The van der Waals surface area contributed by atoms with E-state index in [-0.39, 0.29) is 37.7 Å². The molecule has 0 radical (unpaired) electrons. The highest BCUT2D eigenvalue weighted by atomic mass is 16.7. The van der Waals surface area contributed by atoms with Crippen LogP contribution in [0.4, 0.5) is 0 Å². The van der Waals surface area contributed by atoms with Gasteiger partial charge >= 0.3 is 11.9 Å². The maximum absolute atomic E-state index is 11.5. The fraction of sp³-hybridized carbons (Fsp3) is 0.951. The monoisotopic (exact) mass is 717 g/mol. The SMILES string of the molecule is CCCCCCCCCCCCCCO.CCCCCCCCCCCCCCO.CN(C)CC(=O)OCC1CCC(OC(=O)CN(C)C)O1. The Morgan fingerprint density at radius 2 is 0.880 bits per heavy atom. The summed E-state index contributed by atoms with van der Waals surface area (Å²) in [5.74, 6) is -0.600. The number of ether oxygens (including phenoxy) is 3. The van der Waals surface area contributed by atoms with E-state index in [1.807, 2.05) is 0 Å². The lowest BCUT2D eigenvalue weighted by atomic mass is 10.1. The largest absolute Gasteiger partial charge is 0.462 e. The second-order valence-electron chi connectivity index (χ2n) is 14.6. The van der Waals surface area contributed by atoms with Crippen LogP contribution < -0.4 is 0 Å². The Bertz CT molecular complexity index is 658. The molecule has 9 heteroatoms. The maximum Gasteiger partial charge on any atom is 0.322 e. The Hall–Kier alpha value is -1.26. The molecule has 1 aliphatic heterocycles. The van der Waals surface area contributed by atoms with Gasteiger partial charge in [0.25, 0.3) is 0 Å². The molecule has 0 aromatic carbocycles. The molecule has 0 amide bonds. The Kier molecular flexibility index (Phi) is 41.2. The van der Waals surface area contributed by atoms with Gasteiger partial charge in [-0.25, -0.2) is 0 Å². The predicted octanol–water partition coefficient (Wildman–Crippen LogP) is 9.06. The summed E-state index contributed by atoms with van der Waals surface area (Å²) in [4.78, 5) is 26.3. The lowest BCUT2D eigenvalue weighted by Gasteiger charge is -2.16. The highest BCUT2D eigenvalue weighted by Gasteiger charge is 2.29. The van der Waals surface area contributed by atoms with E-state index in [0.717, 1.165) is 19.3 Å². The fourth-order valence-electron chi connectivity index (χ4n) is 5.72. The average molecular weight is 717 g/mol. The topological polar surface area (TPSA) is 109 Å². The van der Waals surface area contributed by atoms with Crippen LogP contribution in [0.5, 0.6) is 0 Å². The highest BCUT2D eigenvalue weighted by molar-refractivity contribution is 5.72. The smallest absolute Gasteiger partial charge is 0.322 e. The van der Waals surface area contributed by atoms with Crippen molar-refractivity contribution in [3.05, 3.63) is 0 Å². The van der Waals surface area contributed by atoms with Crippen molar-refractivity contribution in [2.24, 2.45) is 0 Å². The van der Waals surface area contributed by atoms with Gasteiger partial charge in [0.05, 0.1) is 19.2 Å². The number of hydrogen-bond acceptors (Lipinski definition) is 9. The number of hydrogen-bond donors (Lipinski definition) is 2. The van der Waals surface area contributed by atoms with Crippen LogP contribution >= 0.6 is 0 Å². The van der Waals surface area contributed by atoms with Crippen LogP contribution in [0.15, 0.2) is 0 Å². The van der Waals surface area contributed by atoms with Gasteiger partial charge in [-0.1, -0.05) is 155 Å². The van der Waals surface area contributed by atoms with E-state index in [1.54, 1.807) is 38.0 Å². The van der Waals surface area contributed by atoms with Gasteiger partial charge in [-0.15, -0.1) is 0 Å². The van der Waals surface area contributed by atoms with Crippen molar-refractivity contribution < 1.29 is 34.0 Å². The normalized spacial score (nSPS) is 15.4. The summed E-state index contributed by atoms with van der Waals surface area (Å²) in [5.41, 5.74) is 0. The first kappa shape index (κ1) is 50.8. The van der Waals surface area contributed by atoms with Crippen molar-refractivity contribution in [2.45, 2.75) is 193 Å². The van der Waals surface area contributed by atoms with Gasteiger partial charge in [-0.05, 0) is 47.5 Å². The third kappa shape index (κ3) is 41.2. The average Bonchev–Trinajstić information content (AvgIpc) is 3.52. The predicted molar refractivity (Wildman–Crippen MR) is 208 cm³/mol. The molecule has 0 spiro atoms. The molecule has 2 atom stereocenters. The molecule has 0 bridgehead atoms. The summed E-state index contributed by atoms with van der Waals surface area (Å²) in [6.07, 6.45) is 33.1. The summed E-state index contributed by atoms with van der Waals surface area (Å²) in [6.45, 7) is 5.96. The van der Waals surface area contributed by atoms with Crippen LogP contribution in [0.1, 0.15) is 181 Å². The molecular formula is C41H84N2O7. The molecule has 9 nitrogen and oxygen atoms in total. The van der Waals surface area contributed by atoms with Crippen LogP contribution in [0, 0.1) is 0 Å². The van der Waals surface area contributed by atoms with Crippen LogP contribution in [-0.2, 0) is 23.8 Å². The number of esters is 2. The van der Waals surface area contributed by atoms with Crippen molar-refractivity contribution in [1.29, 1.82) is 0 Å². The summed E-state index contributed by atoms with van der Waals surface area (Å²) in [5, 5.41) is 17.2. The van der Waals surface area contributed by atoms with E-state index in [0.29, 0.717) is 19.6 Å².